The minimum atomic E-state index is -1.66. The number of hydrogen-bond acceptors (Lipinski definition) is 11. The number of aromatic nitrogens is 1. The quantitative estimate of drug-likeness (QED) is 0.0240. The summed E-state index contributed by atoms with van der Waals surface area (Å²) in [5.41, 5.74) is 13.6. The van der Waals surface area contributed by atoms with Crippen LogP contribution in [0.4, 0.5) is 0 Å². The number of hydrogen-bond donors (Lipinski definition) is 14. The molecule has 0 unspecified atom stereocenters. The number of benzene rings is 2. The molecule has 6 amide bonds. The van der Waals surface area contributed by atoms with Crippen LogP contribution in [0.2, 0.25) is 0 Å². The van der Waals surface area contributed by atoms with E-state index < -0.39 is 96.9 Å². The summed E-state index contributed by atoms with van der Waals surface area (Å²) in [4.78, 5) is 95.5. The SMILES string of the molecule is CC(C)C[C@H](NC(=O)[C@H](C)NC(=O)[C@@H](CCCNC(=N)N)NC(=O)[C@@H](CO)NC(=O)[C@@H](N)Cc1ccccc1)C(=O)N[C@@H](Cc1c[nH]c2ccccc12)C(=O)N[C@@H](CO)C(=O)O. The molecule has 21 heteroatoms. The number of carboxylic acids is 1. The standard InChI is InChI=1S/C41H59N11O10/c1-22(2)16-30(37(58)50-31(38(59)52-33(21-54)40(61)62)18-25-19-46-28-13-8-7-12-26(25)28)49-34(55)23(3)47-36(57)29(14-9-15-45-41(43)44)48-39(60)32(20-53)51-35(56)27(42)17-24-10-5-4-6-11-24/h4-8,10-13,19,22-23,27,29-33,46,53-54H,9,14-18,20-21,42H2,1-3H3,(H,47,57)(H,48,60)(H,49,55)(H,50,58)(H,51,56)(H,52,59)(H,61,62)(H4,43,44,45)/t23-,27-,29+,30-,31-,32+,33-/m0/s1. The summed E-state index contributed by atoms with van der Waals surface area (Å²) in [6.07, 6.45) is 1.95. The van der Waals surface area contributed by atoms with E-state index in [0.29, 0.717) is 5.56 Å². The van der Waals surface area contributed by atoms with Crippen LogP contribution >= 0.6 is 0 Å². The van der Waals surface area contributed by atoms with Crippen LogP contribution in [0.1, 0.15) is 51.2 Å². The normalized spacial score (nSPS) is 14.5. The van der Waals surface area contributed by atoms with E-state index in [1.54, 1.807) is 68.6 Å². The molecule has 0 saturated carbocycles. The van der Waals surface area contributed by atoms with Gasteiger partial charge in [-0.2, -0.15) is 0 Å². The predicted octanol–water partition coefficient (Wildman–Crippen LogP) is -2.41. The predicted molar refractivity (Wildman–Crippen MR) is 228 cm³/mol. The summed E-state index contributed by atoms with van der Waals surface area (Å²) in [6, 6.07) is 6.69. The van der Waals surface area contributed by atoms with Crippen LogP contribution < -0.4 is 48.7 Å². The van der Waals surface area contributed by atoms with Gasteiger partial charge in [-0.05, 0) is 55.7 Å². The Morgan fingerprint density at radius 2 is 1.23 bits per heavy atom. The van der Waals surface area contributed by atoms with Gasteiger partial charge in [0.2, 0.25) is 35.4 Å². The molecule has 338 valence electrons. The van der Waals surface area contributed by atoms with Crippen LogP contribution in [-0.4, -0.2) is 130 Å². The molecule has 0 radical (unpaired) electrons. The molecule has 0 saturated heterocycles. The van der Waals surface area contributed by atoms with Crippen LogP contribution in [0, 0.1) is 11.3 Å². The summed E-state index contributed by atoms with van der Waals surface area (Å²) in [5, 5.41) is 54.6. The van der Waals surface area contributed by atoms with Gasteiger partial charge >= 0.3 is 5.97 Å². The van der Waals surface area contributed by atoms with Crippen molar-refractivity contribution in [3.63, 3.8) is 0 Å². The van der Waals surface area contributed by atoms with Gasteiger partial charge < -0.3 is 69.0 Å². The molecule has 2 aromatic carbocycles. The number of nitrogens with one attached hydrogen (secondary N) is 9. The van der Waals surface area contributed by atoms with Crippen molar-refractivity contribution in [1.82, 2.24) is 42.2 Å². The highest BCUT2D eigenvalue weighted by molar-refractivity contribution is 5.97. The van der Waals surface area contributed by atoms with E-state index in [9.17, 15) is 48.9 Å². The second kappa shape index (κ2) is 24.6. The van der Waals surface area contributed by atoms with Gasteiger partial charge in [0.1, 0.15) is 36.3 Å². The number of amides is 6. The van der Waals surface area contributed by atoms with Crippen molar-refractivity contribution in [3.05, 3.63) is 71.9 Å². The Labute approximate surface area is 358 Å². The molecule has 16 N–H and O–H groups in total. The maximum atomic E-state index is 13.9. The summed E-state index contributed by atoms with van der Waals surface area (Å²) >= 11 is 0. The molecule has 3 rings (SSSR count). The topological polar surface area (TPSA) is 356 Å². The van der Waals surface area contributed by atoms with Crippen molar-refractivity contribution in [2.45, 2.75) is 95.2 Å². The van der Waals surface area contributed by atoms with Crippen molar-refractivity contribution in [2.75, 3.05) is 19.8 Å². The van der Waals surface area contributed by atoms with Crippen molar-refractivity contribution >= 4 is 58.3 Å². The highest BCUT2D eigenvalue weighted by Gasteiger charge is 2.33. The second-order valence-corrected chi connectivity index (χ2v) is 15.2. The molecule has 0 fully saturated rings. The first-order valence-corrected chi connectivity index (χ1v) is 20.1. The molecule has 0 spiro atoms. The van der Waals surface area contributed by atoms with E-state index in [0.717, 1.165) is 16.5 Å². The van der Waals surface area contributed by atoms with E-state index in [1.165, 1.54) is 6.92 Å². The molecule has 1 heterocycles. The number of rotatable bonds is 25. The number of H-pyrrole nitrogens is 1. The number of aliphatic hydroxyl groups is 2. The number of aliphatic hydroxyl groups excluding tert-OH is 2. The molecule has 0 aliphatic heterocycles. The lowest BCUT2D eigenvalue weighted by molar-refractivity contribution is -0.143. The number of carbonyl (C=O) groups excluding carboxylic acids is 6. The molecular weight excluding hydrogens is 807 g/mol. The van der Waals surface area contributed by atoms with Crippen molar-refractivity contribution < 1.29 is 48.9 Å². The minimum absolute atomic E-state index is 0.0386. The Bertz CT molecular complexity index is 2010. The average Bonchev–Trinajstić information content (AvgIpc) is 3.64. The number of carboxylic acid groups (broad SMARTS) is 1. The van der Waals surface area contributed by atoms with E-state index >= 15 is 0 Å². The van der Waals surface area contributed by atoms with Gasteiger partial charge in [-0.25, -0.2) is 4.79 Å². The van der Waals surface area contributed by atoms with Crippen LogP contribution in [0.25, 0.3) is 10.9 Å². The molecule has 0 bridgehead atoms. The number of carbonyl (C=O) groups is 7. The molecule has 1 aromatic heterocycles. The number of aromatic amines is 1. The third kappa shape index (κ3) is 15.8. The van der Waals surface area contributed by atoms with Gasteiger partial charge in [-0.3, -0.25) is 34.2 Å². The Hall–Kier alpha value is -6.58. The number of aliphatic carboxylic acids is 1. The van der Waals surface area contributed by atoms with Gasteiger partial charge in [0.15, 0.2) is 5.96 Å². The van der Waals surface area contributed by atoms with Crippen LogP contribution in [0.5, 0.6) is 0 Å². The monoisotopic (exact) mass is 865 g/mol. The highest BCUT2D eigenvalue weighted by Crippen LogP contribution is 2.19. The highest BCUT2D eigenvalue weighted by atomic mass is 16.4. The molecule has 7 atom stereocenters. The Kier molecular flexibility index (Phi) is 19.8. The van der Waals surface area contributed by atoms with Crippen LogP contribution in [-0.2, 0) is 46.4 Å². The first-order chi connectivity index (χ1) is 29.4. The van der Waals surface area contributed by atoms with Crippen molar-refractivity contribution in [1.29, 1.82) is 5.41 Å². The molecule has 21 nitrogen and oxygen atoms in total. The first-order valence-electron chi connectivity index (χ1n) is 20.1. The molecule has 0 aliphatic carbocycles. The van der Waals surface area contributed by atoms with Gasteiger partial charge in [-0.1, -0.05) is 62.4 Å². The zero-order chi connectivity index (χ0) is 45.9. The maximum Gasteiger partial charge on any atom is 0.328 e. The van der Waals surface area contributed by atoms with E-state index in [2.05, 4.69) is 42.2 Å². The van der Waals surface area contributed by atoms with Crippen molar-refractivity contribution in [3.8, 4) is 0 Å². The zero-order valence-electron chi connectivity index (χ0n) is 34.9. The van der Waals surface area contributed by atoms with Crippen molar-refractivity contribution in [2.24, 2.45) is 17.4 Å². The molecule has 62 heavy (non-hydrogen) atoms. The van der Waals surface area contributed by atoms with E-state index in [4.69, 9.17) is 16.9 Å². The molecule has 0 aliphatic rings. The molecule has 3 aromatic rings. The van der Waals surface area contributed by atoms with Gasteiger partial charge in [0.05, 0.1) is 19.3 Å². The fourth-order valence-corrected chi connectivity index (χ4v) is 6.34. The summed E-state index contributed by atoms with van der Waals surface area (Å²) in [5.74, 6) is -6.95. The largest absolute Gasteiger partial charge is 0.480 e. The smallest absolute Gasteiger partial charge is 0.328 e. The zero-order valence-corrected chi connectivity index (χ0v) is 34.9. The number of guanidine groups is 1. The first kappa shape index (κ1) is 49.8. The van der Waals surface area contributed by atoms with Crippen LogP contribution in [0.15, 0.2) is 60.8 Å². The summed E-state index contributed by atoms with van der Waals surface area (Å²) < 4.78 is 0. The van der Waals surface area contributed by atoms with Gasteiger partial charge in [0.25, 0.3) is 0 Å². The Morgan fingerprint density at radius 3 is 1.85 bits per heavy atom. The second-order valence-electron chi connectivity index (χ2n) is 15.2. The number of para-hydroxylation sites is 1. The summed E-state index contributed by atoms with van der Waals surface area (Å²) in [6.45, 7) is 3.32. The van der Waals surface area contributed by atoms with E-state index in [1.807, 2.05) is 6.07 Å². The van der Waals surface area contributed by atoms with E-state index in [-0.39, 0.29) is 50.5 Å². The molecular formula is C41H59N11O10. The lowest BCUT2D eigenvalue weighted by Crippen LogP contribution is -2.60. The average molecular weight is 866 g/mol. The lowest BCUT2D eigenvalue weighted by Gasteiger charge is -2.27. The third-order valence-electron chi connectivity index (χ3n) is 9.69. The fourth-order valence-electron chi connectivity index (χ4n) is 6.34. The maximum absolute atomic E-state index is 13.9. The van der Waals surface area contributed by atoms with Gasteiger partial charge in [-0.15, -0.1) is 0 Å². The number of nitrogens with two attached hydrogens (primary N) is 2. The third-order valence-corrected chi connectivity index (χ3v) is 9.69. The summed E-state index contributed by atoms with van der Waals surface area (Å²) in [7, 11) is 0. The fraction of sp³-hybridized carbons (Fsp3) is 0.463. The lowest BCUT2D eigenvalue weighted by atomic mass is 10.00. The van der Waals surface area contributed by atoms with Crippen LogP contribution in [0.3, 0.4) is 0 Å². The number of fused-ring (bicyclic) bond motifs is 1. The Balaban J connectivity index is 1.75. The Morgan fingerprint density at radius 1 is 0.677 bits per heavy atom. The van der Waals surface area contributed by atoms with Gasteiger partial charge in [0, 0.05) is 30.1 Å². The minimum Gasteiger partial charge on any atom is -0.480 e.